The van der Waals surface area contributed by atoms with Crippen molar-refractivity contribution < 1.29 is 9.90 Å². The lowest BCUT2D eigenvalue weighted by Gasteiger charge is -2.30. The number of rotatable bonds is 1. The fraction of sp³-hybridized carbons (Fsp3) is 0.600. The largest absolute Gasteiger partial charge is 0.480 e. The molecule has 1 aliphatic rings. The molecule has 0 saturated heterocycles. The van der Waals surface area contributed by atoms with Gasteiger partial charge in [-0.2, -0.15) is 0 Å². The fourth-order valence-electron chi connectivity index (χ4n) is 2.02. The van der Waals surface area contributed by atoms with E-state index in [1.807, 2.05) is 13.8 Å². The van der Waals surface area contributed by atoms with E-state index in [1.165, 1.54) is 0 Å². The molecule has 15 heavy (non-hydrogen) atoms. The van der Waals surface area contributed by atoms with Crippen LogP contribution in [-0.2, 0) is 17.8 Å². The van der Waals surface area contributed by atoms with Crippen LogP contribution in [0.15, 0.2) is 0 Å². The van der Waals surface area contributed by atoms with Crippen molar-refractivity contribution in [2.24, 2.45) is 5.73 Å². The molecule has 3 N–H and O–H groups in total. The number of carboxylic acid groups (broad SMARTS) is 1. The van der Waals surface area contributed by atoms with Gasteiger partial charge >= 0.3 is 5.97 Å². The van der Waals surface area contributed by atoms with Gasteiger partial charge in [-0.3, -0.25) is 4.79 Å². The third-order valence-electron chi connectivity index (χ3n) is 3.22. The fourth-order valence-corrected chi connectivity index (χ4v) is 2.02. The molecule has 1 unspecified atom stereocenters. The number of nitrogens with zero attached hydrogens (tertiary/aromatic N) is 2. The van der Waals surface area contributed by atoms with Gasteiger partial charge in [-0.05, 0) is 20.3 Å². The number of aliphatic carboxylic acids is 1. The summed E-state index contributed by atoms with van der Waals surface area (Å²) in [5.41, 5.74) is 6.75. The van der Waals surface area contributed by atoms with Gasteiger partial charge in [-0.15, -0.1) is 0 Å². The Morgan fingerprint density at radius 1 is 1.60 bits per heavy atom. The highest BCUT2D eigenvalue weighted by Gasteiger charge is 2.39. The zero-order valence-electron chi connectivity index (χ0n) is 8.95. The van der Waals surface area contributed by atoms with Crippen LogP contribution in [0.3, 0.4) is 0 Å². The van der Waals surface area contributed by atoms with Crippen molar-refractivity contribution in [3.8, 4) is 0 Å². The summed E-state index contributed by atoms with van der Waals surface area (Å²) in [6, 6.07) is 0. The molecule has 1 aromatic rings. The van der Waals surface area contributed by atoms with E-state index in [9.17, 15) is 4.79 Å². The van der Waals surface area contributed by atoms with Crippen LogP contribution < -0.4 is 5.73 Å². The Hall–Kier alpha value is -1.36. The Labute approximate surface area is 87.9 Å². The van der Waals surface area contributed by atoms with Crippen LogP contribution in [0.2, 0.25) is 0 Å². The SMILES string of the molecule is Cc1nc2n(c1C)CCC(N)(C(=O)O)C2. The molecule has 1 atom stereocenters. The van der Waals surface area contributed by atoms with Crippen molar-refractivity contribution >= 4 is 5.97 Å². The third-order valence-corrected chi connectivity index (χ3v) is 3.22. The summed E-state index contributed by atoms with van der Waals surface area (Å²) in [6.45, 7) is 4.57. The van der Waals surface area contributed by atoms with Crippen molar-refractivity contribution in [3.05, 3.63) is 17.2 Å². The van der Waals surface area contributed by atoms with Gasteiger partial charge in [-0.1, -0.05) is 0 Å². The lowest BCUT2D eigenvalue weighted by molar-refractivity contribution is -0.144. The van der Waals surface area contributed by atoms with Gasteiger partial charge in [0.25, 0.3) is 0 Å². The zero-order valence-corrected chi connectivity index (χ0v) is 8.95. The van der Waals surface area contributed by atoms with E-state index in [1.54, 1.807) is 0 Å². The third kappa shape index (κ3) is 1.43. The average Bonchev–Trinajstić information content (AvgIpc) is 2.42. The van der Waals surface area contributed by atoms with Gasteiger partial charge < -0.3 is 15.4 Å². The first-order valence-corrected chi connectivity index (χ1v) is 4.99. The lowest BCUT2D eigenvalue weighted by Crippen LogP contribution is -2.53. The number of aromatic nitrogens is 2. The van der Waals surface area contributed by atoms with E-state index in [0.29, 0.717) is 19.4 Å². The second-order valence-corrected chi connectivity index (χ2v) is 4.24. The molecule has 0 aliphatic carbocycles. The molecule has 0 bridgehead atoms. The number of carbonyl (C=O) groups is 1. The molecular formula is C10H15N3O2. The van der Waals surface area contributed by atoms with Crippen LogP contribution in [0.1, 0.15) is 23.6 Å². The summed E-state index contributed by atoms with van der Waals surface area (Å²) in [7, 11) is 0. The van der Waals surface area contributed by atoms with E-state index in [0.717, 1.165) is 17.2 Å². The smallest absolute Gasteiger partial charge is 0.324 e. The Bertz CT molecular complexity index is 425. The first kappa shape index (κ1) is 10.2. The molecule has 0 saturated carbocycles. The standard InChI is InChI=1S/C10H15N3O2/c1-6-7(2)13-4-3-10(11,9(14)15)5-8(13)12-6/h3-5,11H2,1-2H3,(H,14,15). The number of imidazole rings is 1. The Kier molecular flexibility index (Phi) is 2.08. The summed E-state index contributed by atoms with van der Waals surface area (Å²) in [5, 5.41) is 9.04. The van der Waals surface area contributed by atoms with Gasteiger partial charge in [-0.25, -0.2) is 4.98 Å². The molecule has 0 radical (unpaired) electrons. The number of aryl methyl sites for hydroxylation is 1. The van der Waals surface area contributed by atoms with Crippen LogP contribution in [0.5, 0.6) is 0 Å². The molecule has 2 rings (SSSR count). The minimum atomic E-state index is -1.14. The molecule has 0 fully saturated rings. The van der Waals surface area contributed by atoms with E-state index < -0.39 is 11.5 Å². The minimum absolute atomic E-state index is 0.316. The van der Waals surface area contributed by atoms with Crippen molar-refractivity contribution in [1.29, 1.82) is 0 Å². The Morgan fingerprint density at radius 2 is 2.27 bits per heavy atom. The molecule has 1 aliphatic heterocycles. The first-order chi connectivity index (χ1) is 6.94. The van der Waals surface area contributed by atoms with Crippen LogP contribution in [0.25, 0.3) is 0 Å². The van der Waals surface area contributed by atoms with Gasteiger partial charge in [0.2, 0.25) is 0 Å². The van der Waals surface area contributed by atoms with Gasteiger partial charge in [0.1, 0.15) is 11.4 Å². The van der Waals surface area contributed by atoms with Gasteiger partial charge in [0.05, 0.1) is 5.69 Å². The van der Waals surface area contributed by atoms with E-state index in [-0.39, 0.29) is 0 Å². The Balaban J connectivity index is 2.39. The number of hydrogen-bond donors (Lipinski definition) is 2. The van der Waals surface area contributed by atoms with Crippen LogP contribution >= 0.6 is 0 Å². The zero-order chi connectivity index (χ0) is 11.2. The summed E-state index contributed by atoms with van der Waals surface area (Å²) in [5.74, 6) is -0.145. The van der Waals surface area contributed by atoms with E-state index in [4.69, 9.17) is 10.8 Å². The van der Waals surface area contributed by atoms with Crippen molar-refractivity contribution in [2.75, 3.05) is 0 Å². The number of carboxylic acids is 1. The first-order valence-electron chi connectivity index (χ1n) is 4.99. The predicted octanol–water partition coefficient (Wildman–Crippen LogP) is 0.228. The molecule has 5 nitrogen and oxygen atoms in total. The highest BCUT2D eigenvalue weighted by molar-refractivity contribution is 5.79. The predicted molar refractivity (Wildman–Crippen MR) is 54.6 cm³/mol. The number of fused-ring (bicyclic) bond motifs is 1. The van der Waals surface area contributed by atoms with Crippen LogP contribution in [-0.4, -0.2) is 26.2 Å². The molecule has 82 valence electrons. The maximum absolute atomic E-state index is 11.0. The molecule has 0 spiro atoms. The number of hydrogen-bond acceptors (Lipinski definition) is 3. The maximum atomic E-state index is 11.0. The van der Waals surface area contributed by atoms with E-state index in [2.05, 4.69) is 9.55 Å². The molecular weight excluding hydrogens is 194 g/mol. The highest BCUT2D eigenvalue weighted by Crippen LogP contribution is 2.24. The summed E-state index contributed by atoms with van der Waals surface area (Å²) >= 11 is 0. The average molecular weight is 209 g/mol. The maximum Gasteiger partial charge on any atom is 0.324 e. The monoisotopic (exact) mass is 209 g/mol. The normalized spacial score (nSPS) is 25.0. The summed E-state index contributed by atoms with van der Waals surface area (Å²) < 4.78 is 2.06. The quantitative estimate of drug-likeness (QED) is 0.693. The molecule has 5 heteroatoms. The van der Waals surface area contributed by atoms with Crippen molar-refractivity contribution in [2.45, 2.75) is 38.8 Å². The van der Waals surface area contributed by atoms with Crippen LogP contribution in [0, 0.1) is 13.8 Å². The topological polar surface area (TPSA) is 81.1 Å². The molecule has 2 heterocycles. The summed E-state index contributed by atoms with van der Waals surface area (Å²) in [6.07, 6.45) is 0.781. The van der Waals surface area contributed by atoms with Gasteiger partial charge in [0.15, 0.2) is 0 Å². The second kappa shape index (κ2) is 3.06. The molecule has 1 aromatic heterocycles. The van der Waals surface area contributed by atoms with Gasteiger partial charge in [0, 0.05) is 18.7 Å². The second-order valence-electron chi connectivity index (χ2n) is 4.24. The van der Waals surface area contributed by atoms with Crippen molar-refractivity contribution in [1.82, 2.24) is 9.55 Å². The minimum Gasteiger partial charge on any atom is -0.480 e. The number of nitrogens with two attached hydrogens (primary N) is 1. The Morgan fingerprint density at radius 3 is 2.87 bits per heavy atom. The lowest BCUT2D eigenvalue weighted by atomic mass is 9.89. The van der Waals surface area contributed by atoms with E-state index >= 15 is 0 Å². The van der Waals surface area contributed by atoms with Crippen molar-refractivity contribution in [3.63, 3.8) is 0 Å². The molecule has 0 amide bonds. The summed E-state index contributed by atoms with van der Waals surface area (Å²) in [4.78, 5) is 15.4. The molecule has 0 aromatic carbocycles. The van der Waals surface area contributed by atoms with Crippen LogP contribution in [0.4, 0.5) is 0 Å². The highest BCUT2D eigenvalue weighted by atomic mass is 16.4.